The molecule has 0 saturated heterocycles. The summed E-state index contributed by atoms with van der Waals surface area (Å²) in [7, 11) is 0. The van der Waals surface area contributed by atoms with E-state index in [2.05, 4.69) is 143 Å². The standard InChI is InChI=1S/C40H25N3/c1-2-10-27(11-3-1)38-30-12-4-6-14-32(30)39(33-15-7-5-13-31(33)38)28-20-18-26(19-21-28)35-25-43-37-17-9-8-16-36(37)42-40(43)34-24-41-23-22-29(34)35/h1-25H. The van der Waals surface area contributed by atoms with Crippen molar-refractivity contribution in [1.29, 1.82) is 0 Å². The highest BCUT2D eigenvalue weighted by Crippen LogP contribution is 2.44. The first-order chi connectivity index (χ1) is 21.3. The second-order valence-electron chi connectivity index (χ2n) is 11.0. The molecule has 3 heterocycles. The van der Waals surface area contributed by atoms with E-state index in [4.69, 9.17) is 4.98 Å². The molecule has 0 aliphatic rings. The molecule has 9 aromatic rings. The van der Waals surface area contributed by atoms with E-state index in [0.717, 1.165) is 38.6 Å². The van der Waals surface area contributed by atoms with Gasteiger partial charge in [-0.1, -0.05) is 115 Å². The summed E-state index contributed by atoms with van der Waals surface area (Å²) in [6, 6.07) is 47.8. The van der Waals surface area contributed by atoms with E-state index in [1.54, 1.807) is 0 Å². The fraction of sp³-hybridized carbons (Fsp3) is 0. The Labute approximate surface area is 248 Å². The van der Waals surface area contributed by atoms with Gasteiger partial charge in [0.25, 0.3) is 0 Å². The van der Waals surface area contributed by atoms with Crippen molar-refractivity contribution < 1.29 is 0 Å². The van der Waals surface area contributed by atoms with Gasteiger partial charge in [-0.2, -0.15) is 0 Å². The molecular formula is C40H25N3. The van der Waals surface area contributed by atoms with E-state index in [-0.39, 0.29) is 0 Å². The lowest BCUT2D eigenvalue weighted by atomic mass is 9.85. The highest BCUT2D eigenvalue weighted by molar-refractivity contribution is 6.21. The van der Waals surface area contributed by atoms with E-state index in [1.165, 1.54) is 43.8 Å². The average molecular weight is 548 g/mol. The molecule has 3 nitrogen and oxygen atoms in total. The zero-order valence-electron chi connectivity index (χ0n) is 23.3. The molecule has 0 N–H and O–H groups in total. The SMILES string of the molecule is c1ccc(-c2c3ccccc3c(-c3ccc(-c4cn5c6ccccc6nc5c5cnccc45)cc3)c3ccccc23)cc1. The molecule has 0 fully saturated rings. The van der Waals surface area contributed by atoms with Gasteiger partial charge in [-0.15, -0.1) is 0 Å². The predicted molar refractivity (Wildman–Crippen MR) is 179 cm³/mol. The summed E-state index contributed by atoms with van der Waals surface area (Å²) in [5, 5.41) is 7.25. The van der Waals surface area contributed by atoms with Crippen molar-refractivity contribution >= 4 is 49.0 Å². The van der Waals surface area contributed by atoms with Gasteiger partial charge in [0.1, 0.15) is 5.65 Å². The number of hydrogen-bond acceptors (Lipinski definition) is 2. The van der Waals surface area contributed by atoms with Crippen LogP contribution in [0, 0.1) is 0 Å². The number of aromatic nitrogens is 3. The molecule has 0 saturated carbocycles. The van der Waals surface area contributed by atoms with Crippen LogP contribution in [-0.2, 0) is 0 Å². The van der Waals surface area contributed by atoms with Gasteiger partial charge in [0.15, 0.2) is 0 Å². The maximum Gasteiger partial charge on any atom is 0.147 e. The second kappa shape index (κ2) is 9.37. The quantitative estimate of drug-likeness (QED) is 0.206. The third-order valence-electron chi connectivity index (χ3n) is 8.68. The van der Waals surface area contributed by atoms with E-state index >= 15 is 0 Å². The van der Waals surface area contributed by atoms with Gasteiger partial charge in [0.05, 0.1) is 11.0 Å². The molecular weight excluding hydrogens is 522 g/mol. The molecule has 43 heavy (non-hydrogen) atoms. The number of para-hydroxylation sites is 2. The fourth-order valence-corrected chi connectivity index (χ4v) is 6.77. The minimum absolute atomic E-state index is 0.932. The molecule has 6 aromatic carbocycles. The Kier molecular flexibility index (Phi) is 5.20. The molecule has 0 aliphatic carbocycles. The molecule has 0 spiro atoms. The summed E-state index contributed by atoms with van der Waals surface area (Å²) in [6.07, 6.45) is 6.02. The van der Waals surface area contributed by atoms with Gasteiger partial charge >= 0.3 is 0 Å². The Balaban J connectivity index is 1.28. The van der Waals surface area contributed by atoms with Crippen LogP contribution in [0.5, 0.6) is 0 Å². The van der Waals surface area contributed by atoms with Gasteiger partial charge in [-0.25, -0.2) is 4.98 Å². The van der Waals surface area contributed by atoms with Crippen LogP contribution in [0.25, 0.3) is 82.4 Å². The summed E-state index contributed by atoms with van der Waals surface area (Å²) in [6.45, 7) is 0. The zero-order chi connectivity index (χ0) is 28.3. The van der Waals surface area contributed by atoms with Gasteiger partial charge in [-0.3, -0.25) is 9.38 Å². The normalized spacial score (nSPS) is 11.7. The zero-order valence-corrected chi connectivity index (χ0v) is 23.3. The van der Waals surface area contributed by atoms with Crippen LogP contribution in [0.1, 0.15) is 0 Å². The molecule has 0 bridgehead atoms. The van der Waals surface area contributed by atoms with Gasteiger partial charge < -0.3 is 0 Å². The second-order valence-corrected chi connectivity index (χ2v) is 11.0. The largest absolute Gasteiger partial charge is 0.298 e. The summed E-state index contributed by atoms with van der Waals surface area (Å²) >= 11 is 0. The third-order valence-corrected chi connectivity index (χ3v) is 8.68. The minimum Gasteiger partial charge on any atom is -0.298 e. The third kappa shape index (κ3) is 3.62. The summed E-state index contributed by atoms with van der Waals surface area (Å²) in [5.41, 5.74) is 10.3. The van der Waals surface area contributed by atoms with Gasteiger partial charge in [0, 0.05) is 29.5 Å². The van der Waals surface area contributed by atoms with Gasteiger partial charge in [-0.05, 0) is 72.9 Å². The van der Waals surface area contributed by atoms with Crippen molar-refractivity contribution in [2.24, 2.45) is 0 Å². The lowest BCUT2D eigenvalue weighted by Gasteiger charge is -2.18. The number of fused-ring (bicyclic) bond motifs is 7. The van der Waals surface area contributed by atoms with Crippen LogP contribution < -0.4 is 0 Å². The smallest absolute Gasteiger partial charge is 0.147 e. The lowest BCUT2D eigenvalue weighted by Crippen LogP contribution is -1.92. The van der Waals surface area contributed by atoms with Crippen molar-refractivity contribution in [2.45, 2.75) is 0 Å². The van der Waals surface area contributed by atoms with Crippen LogP contribution in [-0.4, -0.2) is 14.4 Å². The maximum atomic E-state index is 4.94. The fourth-order valence-electron chi connectivity index (χ4n) is 6.77. The number of imidazole rings is 1. The Hall–Kier alpha value is -5.80. The lowest BCUT2D eigenvalue weighted by molar-refractivity contribution is 1.24. The van der Waals surface area contributed by atoms with Crippen LogP contribution in [0.15, 0.2) is 152 Å². The van der Waals surface area contributed by atoms with E-state index in [9.17, 15) is 0 Å². The first-order valence-electron chi connectivity index (χ1n) is 14.6. The van der Waals surface area contributed by atoms with E-state index in [1.807, 2.05) is 18.5 Å². The number of hydrogen-bond donors (Lipinski definition) is 0. The predicted octanol–water partition coefficient (Wildman–Crippen LogP) is 10.3. The summed E-state index contributed by atoms with van der Waals surface area (Å²) < 4.78 is 2.20. The van der Waals surface area contributed by atoms with E-state index in [0.29, 0.717) is 0 Å². The van der Waals surface area contributed by atoms with E-state index < -0.39 is 0 Å². The highest BCUT2D eigenvalue weighted by Gasteiger charge is 2.17. The molecule has 3 aromatic heterocycles. The van der Waals surface area contributed by atoms with Crippen molar-refractivity contribution in [1.82, 2.24) is 14.4 Å². The molecule has 200 valence electrons. The first-order valence-corrected chi connectivity index (χ1v) is 14.6. The highest BCUT2D eigenvalue weighted by atomic mass is 15.0. The monoisotopic (exact) mass is 547 g/mol. The molecule has 0 radical (unpaired) electrons. The van der Waals surface area contributed by atoms with Crippen molar-refractivity contribution in [3.8, 4) is 33.4 Å². The molecule has 0 amide bonds. The molecule has 0 aliphatic heterocycles. The average Bonchev–Trinajstić information content (AvgIpc) is 3.46. The number of rotatable bonds is 3. The van der Waals surface area contributed by atoms with Crippen LogP contribution in [0.3, 0.4) is 0 Å². The maximum absolute atomic E-state index is 4.94. The van der Waals surface area contributed by atoms with Crippen LogP contribution in [0.2, 0.25) is 0 Å². The van der Waals surface area contributed by atoms with Crippen LogP contribution >= 0.6 is 0 Å². The number of benzene rings is 6. The molecule has 9 rings (SSSR count). The van der Waals surface area contributed by atoms with Crippen molar-refractivity contribution in [3.05, 3.63) is 152 Å². The molecule has 3 heteroatoms. The van der Waals surface area contributed by atoms with Crippen molar-refractivity contribution in [3.63, 3.8) is 0 Å². The Morgan fingerprint density at radius 2 is 1.00 bits per heavy atom. The number of nitrogens with zero attached hydrogens (tertiary/aromatic N) is 3. The summed E-state index contributed by atoms with van der Waals surface area (Å²) in [5.74, 6) is 0. The number of pyridine rings is 2. The van der Waals surface area contributed by atoms with Crippen LogP contribution in [0.4, 0.5) is 0 Å². The summed E-state index contributed by atoms with van der Waals surface area (Å²) in [4.78, 5) is 9.40. The van der Waals surface area contributed by atoms with Crippen molar-refractivity contribution in [2.75, 3.05) is 0 Å². The van der Waals surface area contributed by atoms with Gasteiger partial charge in [0.2, 0.25) is 0 Å². The first kappa shape index (κ1) is 23.9. The molecule has 0 atom stereocenters. The Bertz CT molecular complexity index is 2430. The topological polar surface area (TPSA) is 30.2 Å². The molecule has 0 unspecified atom stereocenters. The Morgan fingerprint density at radius 1 is 0.442 bits per heavy atom. The Morgan fingerprint density at radius 3 is 1.67 bits per heavy atom. The minimum atomic E-state index is 0.932.